The summed E-state index contributed by atoms with van der Waals surface area (Å²) in [6, 6.07) is 1.73. The van der Waals surface area contributed by atoms with E-state index in [-0.39, 0.29) is 5.75 Å². The molecule has 2 nitrogen and oxygen atoms in total. The lowest BCUT2D eigenvalue weighted by Crippen LogP contribution is -1.93. The molecule has 0 aliphatic heterocycles. The highest BCUT2D eigenvalue weighted by atomic mass is 79.9. The molecule has 0 aliphatic carbocycles. The summed E-state index contributed by atoms with van der Waals surface area (Å²) in [5.41, 5.74) is 0.713. The lowest BCUT2D eigenvalue weighted by atomic mass is 10.4. The third-order valence-corrected chi connectivity index (χ3v) is 3.82. The van der Waals surface area contributed by atoms with Crippen LogP contribution >= 0.6 is 37.9 Å². The number of rotatable bonds is 2. The quantitative estimate of drug-likeness (QED) is 0.778. The Bertz CT molecular complexity index is 343. The Balaban J connectivity index is 2.89. The van der Waals surface area contributed by atoms with E-state index in [1.807, 2.05) is 5.38 Å². The molecule has 0 spiro atoms. The average Bonchev–Trinajstić information content (AvgIpc) is 2.12. The van der Waals surface area contributed by atoms with Gasteiger partial charge in [-0.1, -0.05) is 0 Å². The first-order valence-corrected chi connectivity index (χ1v) is 6.78. The number of hydrogen-bond acceptors (Lipinski definition) is 3. The Hall–Kier alpha value is 0.420. The maximum absolute atomic E-state index is 10.6. The zero-order valence-corrected chi connectivity index (χ0v) is 9.23. The van der Waals surface area contributed by atoms with E-state index >= 15 is 0 Å². The maximum atomic E-state index is 10.6. The molecule has 0 atom stereocenters. The van der Waals surface area contributed by atoms with Crippen molar-refractivity contribution >= 4 is 47.0 Å². The van der Waals surface area contributed by atoms with Gasteiger partial charge in [-0.3, -0.25) is 0 Å². The molecule has 0 bridgehead atoms. The first-order valence-electron chi connectivity index (χ1n) is 2.63. The predicted molar refractivity (Wildman–Crippen MR) is 50.5 cm³/mol. The summed E-state index contributed by atoms with van der Waals surface area (Å²) >= 11 is 4.65. The largest absolute Gasteiger partial charge is 0.236 e. The van der Waals surface area contributed by atoms with Gasteiger partial charge in [0.15, 0.2) is 0 Å². The molecule has 1 heterocycles. The minimum atomic E-state index is -3.42. The third kappa shape index (κ3) is 3.11. The summed E-state index contributed by atoms with van der Waals surface area (Å²) in [6.07, 6.45) is 0. The van der Waals surface area contributed by atoms with Crippen molar-refractivity contribution in [2.45, 2.75) is 5.75 Å². The minimum Gasteiger partial charge on any atom is -0.212 e. The van der Waals surface area contributed by atoms with E-state index < -0.39 is 9.05 Å². The van der Waals surface area contributed by atoms with Gasteiger partial charge in [-0.05, 0) is 32.9 Å². The van der Waals surface area contributed by atoms with Crippen LogP contribution in [0.3, 0.4) is 0 Å². The van der Waals surface area contributed by atoms with E-state index in [1.165, 1.54) is 11.3 Å². The van der Waals surface area contributed by atoms with Gasteiger partial charge < -0.3 is 0 Å². The fraction of sp³-hybridized carbons (Fsp3) is 0.200. The van der Waals surface area contributed by atoms with Crippen molar-refractivity contribution in [2.24, 2.45) is 0 Å². The Morgan fingerprint density at radius 1 is 1.64 bits per heavy atom. The standard InChI is InChI=1S/C5H4BrClO2S2/c6-5-4(1-2-10-5)3-11(7,8)9/h1-2H,3H2. The average molecular weight is 276 g/mol. The van der Waals surface area contributed by atoms with Crippen molar-refractivity contribution in [3.05, 3.63) is 20.8 Å². The van der Waals surface area contributed by atoms with Crippen LogP contribution in [0.15, 0.2) is 15.2 Å². The molecule has 0 saturated carbocycles. The highest BCUT2D eigenvalue weighted by Crippen LogP contribution is 2.25. The smallest absolute Gasteiger partial charge is 0.212 e. The fourth-order valence-corrected chi connectivity index (χ4v) is 3.09. The van der Waals surface area contributed by atoms with E-state index in [2.05, 4.69) is 15.9 Å². The highest BCUT2D eigenvalue weighted by Gasteiger charge is 2.10. The van der Waals surface area contributed by atoms with Crippen molar-refractivity contribution in [1.29, 1.82) is 0 Å². The molecule has 62 valence electrons. The lowest BCUT2D eigenvalue weighted by Gasteiger charge is -1.92. The topological polar surface area (TPSA) is 34.1 Å². The van der Waals surface area contributed by atoms with Crippen LogP contribution in [-0.4, -0.2) is 8.42 Å². The van der Waals surface area contributed by atoms with Crippen LogP contribution in [0.25, 0.3) is 0 Å². The fourth-order valence-electron chi connectivity index (χ4n) is 0.608. The second-order valence-electron chi connectivity index (χ2n) is 1.90. The zero-order chi connectivity index (χ0) is 8.48. The van der Waals surface area contributed by atoms with Crippen LogP contribution in [0.4, 0.5) is 0 Å². The molecule has 0 radical (unpaired) electrons. The number of thiophene rings is 1. The summed E-state index contributed by atoms with van der Waals surface area (Å²) in [5, 5.41) is 1.81. The molecule has 6 heteroatoms. The number of halogens is 2. The normalized spacial score (nSPS) is 11.8. The molecule has 0 unspecified atom stereocenters. The van der Waals surface area contributed by atoms with Gasteiger partial charge in [-0.2, -0.15) is 0 Å². The molecular weight excluding hydrogens is 272 g/mol. The van der Waals surface area contributed by atoms with Crippen LogP contribution in [0.5, 0.6) is 0 Å². The third-order valence-electron chi connectivity index (χ3n) is 1.02. The van der Waals surface area contributed by atoms with E-state index in [4.69, 9.17) is 10.7 Å². The minimum absolute atomic E-state index is 0.112. The molecule has 0 fully saturated rings. The molecule has 0 saturated heterocycles. The highest BCUT2D eigenvalue weighted by molar-refractivity contribution is 9.11. The van der Waals surface area contributed by atoms with Crippen molar-refractivity contribution in [3.8, 4) is 0 Å². The molecule has 0 aliphatic rings. The van der Waals surface area contributed by atoms with Crippen molar-refractivity contribution in [1.82, 2.24) is 0 Å². The van der Waals surface area contributed by atoms with Gasteiger partial charge in [0.1, 0.15) is 0 Å². The summed E-state index contributed by atoms with van der Waals surface area (Å²) < 4.78 is 22.0. The van der Waals surface area contributed by atoms with E-state index in [0.717, 1.165) is 3.79 Å². The Morgan fingerprint density at radius 3 is 2.64 bits per heavy atom. The monoisotopic (exact) mass is 274 g/mol. The first kappa shape index (κ1) is 9.51. The van der Waals surface area contributed by atoms with Gasteiger partial charge in [0, 0.05) is 10.7 Å². The molecule has 11 heavy (non-hydrogen) atoms. The second kappa shape index (κ2) is 3.43. The van der Waals surface area contributed by atoms with Crippen LogP contribution in [-0.2, 0) is 14.8 Å². The molecule has 1 aromatic rings. The molecule has 0 aromatic carbocycles. The summed E-state index contributed by atoms with van der Waals surface area (Å²) in [4.78, 5) is 0. The Kier molecular flexibility index (Phi) is 2.96. The van der Waals surface area contributed by atoms with Crippen molar-refractivity contribution < 1.29 is 8.42 Å². The van der Waals surface area contributed by atoms with E-state index in [9.17, 15) is 8.42 Å². The molecule has 1 rings (SSSR count). The van der Waals surface area contributed by atoms with Gasteiger partial charge in [-0.15, -0.1) is 11.3 Å². The first-order chi connectivity index (χ1) is 4.99. The van der Waals surface area contributed by atoms with Crippen molar-refractivity contribution in [3.63, 3.8) is 0 Å². The molecule has 1 aromatic heterocycles. The zero-order valence-electron chi connectivity index (χ0n) is 5.25. The summed E-state index contributed by atoms with van der Waals surface area (Å²) in [6.45, 7) is 0. The summed E-state index contributed by atoms with van der Waals surface area (Å²) in [5.74, 6) is -0.112. The lowest BCUT2D eigenvalue weighted by molar-refractivity contribution is 0.609. The molecular formula is C5H4BrClO2S2. The van der Waals surface area contributed by atoms with Crippen LogP contribution < -0.4 is 0 Å². The van der Waals surface area contributed by atoms with Gasteiger partial charge in [0.05, 0.1) is 9.54 Å². The predicted octanol–water partition coefficient (Wildman–Crippen LogP) is 2.58. The maximum Gasteiger partial charge on any atom is 0.236 e. The SMILES string of the molecule is O=S(=O)(Cl)Cc1ccsc1Br. The van der Waals surface area contributed by atoms with Gasteiger partial charge in [0.25, 0.3) is 0 Å². The van der Waals surface area contributed by atoms with Crippen LogP contribution in [0.2, 0.25) is 0 Å². The van der Waals surface area contributed by atoms with E-state index in [0.29, 0.717) is 5.56 Å². The summed E-state index contributed by atoms with van der Waals surface area (Å²) in [7, 11) is 1.63. The second-order valence-corrected chi connectivity index (χ2v) is 6.91. The van der Waals surface area contributed by atoms with E-state index in [1.54, 1.807) is 6.07 Å². The Morgan fingerprint density at radius 2 is 2.27 bits per heavy atom. The van der Waals surface area contributed by atoms with Crippen LogP contribution in [0, 0.1) is 0 Å². The van der Waals surface area contributed by atoms with Crippen molar-refractivity contribution in [2.75, 3.05) is 0 Å². The Labute approximate surface area is 81.7 Å². The van der Waals surface area contributed by atoms with Crippen LogP contribution in [0.1, 0.15) is 5.56 Å². The van der Waals surface area contributed by atoms with Gasteiger partial charge >= 0.3 is 0 Å². The number of hydrogen-bond donors (Lipinski definition) is 0. The van der Waals surface area contributed by atoms with Gasteiger partial charge in [0.2, 0.25) is 9.05 Å². The molecule has 0 amide bonds. The molecule has 0 N–H and O–H groups in total. The van der Waals surface area contributed by atoms with Gasteiger partial charge in [-0.25, -0.2) is 8.42 Å².